The Balaban J connectivity index is 2.42. The van der Waals surface area contributed by atoms with Gasteiger partial charge in [0.15, 0.2) is 0 Å². The summed E-state index contributed by atoms with van der Waals surface area (Å²) in [6, 6.07) is 6.52. The smallest absolute Gasteiger partial charge is 0.0474 e. The fourth-order valence-corrected chi connectivity index (χ4v) is 1.50. The monoisotopic (exact) mass is 152 g/mol. The summed E-state index contributed by atoms with van der Waals surface area (Å²) >= 11 is 5.68. The molecule has 0 heterocycles. The van der Waals surface area contributed by atoms with Crippen molar-refractivity contribution < 1.29 is 0 Å². The molecule has 1 heteroatoms. The third-order valence-corrected chi connectivity index (χ3v) is 2.40. The van der Waals surface area contributed by atoms with E-state index in [1.54, 1.807) is 0 Å². The molecule has 0 amide bonds. The second-order valence-corrected chi connectivity index (χ2v) is 3.00. The molecule has 1 aliphatic carbocycles. The molecule has 0 saturated heterocycles. The minimum absolute atomic E-state index is 0.646. The first-order valence-corrected chi connectivity index (χ1v) is 4.10. The number of fused-ring (bicyclic) bond motifs is 1. The van der Waals surface area contributed by atoms with E-state index < -0.39 is 0 Å². The molecule has 1 aromatic rings. The summed E-state index contributed by atoms with van der Waals surface area (Å²) in [7, 11) is 0. The Morgan fingerprint density at radius 1 is 1.20 bits per heavy atom. The molecule has 0 unspecified atom stereocenters. The van der Waals surface area contributed by atoms with Gasteiger partial charge in [0, 0.05) is 5.88 Å². The number of hydrogen-bond acceptors (Lipinski definition) is 0. The molecule has 10 heavy (non-hydrogen) atoms. The van der Waals surface area contributed by atoms with E-state index in [4.69, 9.17) is 11.6 Å². The van der Waals surface area contributed by atoms with E-state index in [0.29, 0.717) is 5.88 Å². The summed E-state index contributed by atoms with van der Waals surface area (Å²) in [4.78, 5) is 0. The minimum atomic E-state index is 0.646. The first-order valence-electron chi connectivity index (χ1n) is 3.57. The maximum atomic E-state index is 5.68. The fraction of sp³-hybridized carbons (Fsp3) is 0.333. The van der Waals surface area contributed by atoms with Gasteiger partial charge in [-0.15, -0.1) is 11.6 Å². The molecule has 0 fully saturated rings. The van der Waals surface area contributed by atoms with Crippen molar-refractivity contribution in [3.8, 4) is 0 Å². The lowest BCUT2D eigenvalue weighted by molar-refractivity contribution is 0.836. The van der Waals surface area contributed by atoms with Crippen molar-refractivity contribution in [3.63, 3.8) is 0 Å². The highest BCUT2D eigenvalue weighted by atomic mass is 35.5. The molecule has 0 nitrogen and oxygen atoms in total. The van der Waals surface area contributed by atoms with Crippen molar-refractivity contribution in [2.75, 3.05) is 0 Å². The molecule has 0 aliphatic heterocycles. The number of alkyl halides is 1. The van der Waals surface area contributed by atoms with Crippen molar-refractivity contribution in [1.82, 2.24) is 0 Å². The molecule has 0 spiro atoms. The van der Waals surface area contributed by atoms with Crippen molar-refractivity contribution in [2.45, 2.75) is 18.7 Å². The van der Waals surface area contributed by atoms with Crippen LogP contribution in [0, 0.1) is 0 Å². The van der Waals surface area contributed by atoms with Crippen LogP contribution in [-0.2, 0) is 18.7 Å². The third-order valence-electron chi connectivity index (χ3n) is 2.09. The van der Waals surface area contributed by atoms with Crippen LogP contribution in [0.1, 0.15) is 16.7 Å². The van der Waals surface area contributed by atoms with Crippen LogP contribution in [0.3, 0.4) is 0 Å². The average molecular weight is 153 g/mol. The zero-order chi connectivity index (χ0) is 6.97. The van der Waals surface area contributed by atoms with Crippen LogP contribution in [-0.4, -0.2) is 0 Å². The van der Waals surface area contributed by atoms with Crippen molar-refractivity contribution in [3.05, 3.63) is 34.9 Å². The van der Waals surface area contributed by atoms with Crippen LogP contribution < -0.4 is 0 Å². The second-order valence-electron chi connectivity index (χ2n) is 2.74. The van der Waals surface area contributed by atoms with Gasteiger partial charge in [-0.2, -0.15) is 0 Å². The van der Waals surface area contributed by atoms with Gasteiger partial charge in [-0.1, -0.05) is 18.2 Å². The molecule has 0 saturated carbocycles. The highest BCUT2D eigenvalue weighted by Crippen LogP contribution is 2.23. The van der Waals surface area contributed by atoms with Gasteiger partial charge in [0.1, 0.15) is 0 Å². The summed E-state index contributed by atoms with van der Waals surface area (Å²) in [6.45, 7) is 0. The van der Waals surface area contributed by atoms with E-state index in [1.165, 1.54) is 29.5 Å². The number of rotatable bonds is 1. The van der Waals surface area contributed by atoms with Crippen LogP contribution in [0.5, 0.6) is 0 Å². The van der Waals surface area contributed by atoms with Crippen LogP contribution in [0.2, 0.25) is 0 Å². The molecular weight excluding hydrogens is 144 g/mol. The van der Waals surface area contributed by atoms with Gasteiger partial charge in [-0.3, -0.25) is 0 Å². The van der Waals surface area contributed by atoms with E-state index in [9.17, 15) is 0 Å². The summed E-state index contributed by atoms with van der Waals surface area (Å²) in [6.07, 6.45) is 2.51. The van der Waals surface area contributed by atoms with E-state index in [0.717, 1.165) is 0 Å². The van der Waals surface area contributed by atoms with Gasteiger partial charge in [-0.05, 0) is 29.5 Å². The number of hydrogen-bond donors (Lipinski definition) is 0. The van der Waals surface area contributed by atoms with E-state index in [1.807, 2.05) is 0 Å². The first kappa shape index (κ1) is 6.23. The quantitative estimate of drug-likeness (QED) is 0.543. The van der Waals surface area contributed by atoms with Gasteiger partial charge >= 0.3 is 0 Å². The molecular formula is C9H9Cl. The van der Waals surface area contributed by atoms with Crippen molar-refractivity contribution in [2.24, 2.45) is 0 Å². The lowest BCUT2D eigenvalue weighted by Gasteiger charge is -2.18. The van der Waals surface area contributed by atoms with E-state index in [2.05, 4.69) is 18.2 Å². The second kappa shape index (κ2) is 2.28. The lowest BCUT2D eigenvalue weighted by Crippen LogP contribution is -2.07. The highest BCUT2D eigenvalue weighted by molar-refractivity contribution is 6.17. The minimum Gasteiger partial charge on any atom is -0.122 e. The molecule has 0 atom stereocenters. The summed E-state index contributed by atoms with van der Waals surface area (Å²) < 4.78 is 0. The average Bonchev–Trinajstić information content (AvgIpc) is 1.92. The zero-order valence-corrected chi connectivity index (χ0v) is 6.49. The first-order chi connectivity index (χ1) is 4.90. The van der Waals surface area contributed by atoms with Crippen LogP contribution in [0.25, 0.3) is 0 Å². The van der Waals surface area contributed by atoms with Gasteiger partial charge in [0.25, 0.3) is 0 Å². The molecule has 0 N–H and O–H groups in total. The summed E-state index contributed by atoms with van der Waals surface area (Å²) in [5, 5.41) is 0. The highest BCUT2D eigenvalue weighted by Gasteiger charge is 2.11. The molecule has 1 aliphatic rings. The molecule has 0 aromatic heterocycles. The van der Waals surface area contributed by atoms with Gasteiger partial charge < -0.3 is 0 Å². The van der Waals surface area contributed by atoms with Gasteiger partial charge in [0.05, 0.1) is 0 Å². The molecule has 0 bridgehead atoms. The Hall–Kier alpha value is -0.490. The van der Waals surface area contributed by atoms with Crippen molar-refractivity contribution in [1.29, 1.82) is 0 Å². The molecule has 2 rings (SSSR count). The maximum Gasteiger partial charge on any atom is 0.0474 e. The topological polar surface area (TPSA) is 0 Å². The zero-order valence-electron chi connectivity index (χ0n) is 5.73. The number of benzene rings is 1. The SMILES string of the molecule is ClCc1ccc2c(c1)CC2. The summed E-state index contributed by atoms with van der Waals surface area (Å²) in [5.41, 5.74) is 4.26. The standard InChI is InChI=1S/C9H9Cl/c10-6-7-1-2-8-3-4-9(8)5-7/h1-2,5H,3-4,6H2. The number of aryl methyl sites for hydroxylation is 2. The number of halogens is 1. The van der Waals surface area contributed by atoms with Crippen LogP contribution >= 0.6 is 11.6 Å². The maximum absolute atomic E-state index is 5.68. The van der Waals surface area contributed by atoms with E-state index >= 15 is 0 Å². The third kappa shape index (κ3) is 0.836. The largest absolute Gasteiger partial charge is 0.122 e. The van der Waals surface area contributed by atoms with Gasteiger partial charge in [-0.25, -0.2) is 0 Å². The predicted octanol–water partition coefficient (Wildman–Crippen LogP) is 2.52. The van der Waals surface area contributed by atoms with E-state index in [-0.39, 0.29) is 0 Å². The Morgan fingerprint density at radius 3 is 2.50 bits per heavy atom. The van der Waals surface area contributed by atoms with Crippen LogP contribution in [0.4, 0.5) is 0 Å². The Kier molecular flexibility index (Phi) is 1.42. The lowest BCUT2D eigenvalue weighted by atomic mass is 9.87. The Bertz CT molecular complexity index is 253. The Labute approximate surface area is 65.8 Å². The predicted molar refractivity (Wildman–Crippen MR) is 43.4 cm³/mol. The van der Waals surface area contributed by atoms with Gasteiger partial charge in [0.2, 0.25) is 0 Å². The fourth-order valence-electron chi connectivity index (χ4n) is 1.33. The molecule has 52 valence electrons. The molecule has 1 aromatic carbocycles. The summed E-state index contributed by atoms with van der Waals surface area (Å²) in [5.74, 6) is 0.646. The van der Waals surface area contributed by atoms with Crippen molar-refractivity contribution >= 4 is 11.6 Å². The normalized spacial score (nSPS) is 14.1. The Morgan fingerprint density at radius 2 is 2.00 bits per heavy atom. The molecule has 0 radical (unpaired) electrons. The van der Waals surface area contributed by atoms with Crippen LogP contribution in [0.15, 0.2) is 18.2 Å².